The number of carbonyl (C=O) groups excluding carboxylic acids is 1. The molecule has 1 heterocycles. The smallest absolute Gasteiger partial charge is 0.416 e. The number of nitrogens with zero attached hydrogens (tertiary/aromatic N) is 3. The molecule has 4 rings (SSSR count). The van der Waals surface area contributed by atoms with E-state index in [1.54, 1.807) is 60.2 Å². The summed E-state index contributed by atoms with van der Waals surface area (Å²) in [5.41, 5.74) is 0.579. The van der Waals surface area contributed by atoms with Gasteiger partial charge >= 0.3 is 6.18 Å². The molecule has 1 N–H and O–H groups in total. The summed E-state index contributed by atoms with van der Waals surface area (Å²) in [6.45, 7) is 0.0350. The van der Waals surface area contributed by atoms with E-state index in [4.69, 9.17) is 16.3 Å². The van der Waals surface area contributed by atoms with Crippen LogP contribution in [0.15, 0.2) is 78.0 Å². The lowest BCUT2D eigenvalue weighted by molar-refractivity contribution is -0.137. The minimum absolute atomic E-state index is 0.0350. The zero-order valence-corrected chi connectivity index (χ0v) is 20.5. The second-order valence-electron chi connectivity index (χ2n) is 7.56. The Hall–Kier alpha value is -3.50. The Morgan fingerprint density at radius 1 is 1.06 bits per heavy atom. The van der Waals surface area contributed by atoms with Crippen molar-refractivity contribution in [1.82, 2.24) is 14.8 Å². The minimum atomic E-state index is -4.50. The molecule has 0 saturated carbocycles. The Labute approximate surface area is 214 Å². The summed E-state index contributed by atoms with van der Waals surface area (Å²) < 4.78 is 46.4. The van der Waals surface area contributed by atoms with Gasteiger partial charge in [-0.3, -0.25) is 9.36 Å². The number of hydrogen-bond donors (Lipinski definition) is 1. The average molecular weight is 533 g/mol. The maximum atomic E-state index is 13.1. The predicted molar refractivity (Wildman–Crippen MR) is 133 cm³/mol. The monoisotopic (exact) mass is 532 g/mol. The number of ketones is 1. The maximum Gasteiger partial charge on any atom is 0.416 e. The summed E-state index contributed by atoms with van der Waals surface area (Å²) in [5, 5.41) is 12.0. The second-order valence-corrected chi connectivity index (χ2v) is 8.91. The lowest BCUT2D eigenvalue weighted by atomic mass is 10.2. The zero-order chi connectivity index (χ0) is 25.7. The van der Waals surface area contributed by atoms with Crippen molar-refractivity contribution in [2.24, 2.45) is 0 Å². The fraction of sp³-hybridized carbons (Fsp3) is 0.160. The van der Waals surface area contributed by atoms with Crippen molar-refractivity contribution >= 4 is 34.8 Å². The maximum absolute atomic E-state index is 13.1. The molecule has 0 atom stereocenters. The molecule has 0 fully saturated rings. The minimum Gasteiger partial charge on any atom is -0.497 e. The highest BCUT2D eigenvalue weighted by Crippen LogP contribution is 2.34. The van der Waals surface area contributed by atoms with Crippen LogP contribution in [-0.2, 0) is 12.7 Å². The van der Waals surface area contributed by atoms with Gasteiger partial charge in [0.1, 0.15) is 5.75 Å². The van der Waals surface area contributed by atoms with Crippen molar-refractivity contribution in [2.75, 3.05) is 18.2 Å². The molecular formula is C25H20ClF3N4O2S. The summed E-state index contributed by atoms with van der Waals surface area (Å²) in [6.07, 6.45) is -4.50. The number of Topliss-reactive ketones (excluding diaryl/α,β-unsaturated/α-hetero) is 1. The number of thioether (sulfide) groups is 1. The Bertz CT molecular complexity index is 1350. The Morgan fingerprint density at radius 3 is 2.44 bits per heavy atom. The first-order valence-corrected chi connectivity index (χ1v) is 12.0. The molecule has 6 nitrogen and oxygen atoms in total. The van der Waals surface area contributed by atoms with Gasteiger partial charge in [-0.1, -0.05) is 53.7 Å². The van der Waals surface area contributed by atoms with Crippen LogP contribution in [0, 0.1) is 0 Å². The van der Waals surface area contributed by atoms with Crippen molar-refractivity contribution < 1.29 is 22.7 Å². The van der Waals surface area contributed by atoms with Gasteiger partial charge in [-0.05, 0) is 42.5 Å². The molecule has 11 heteroatoms. The average Bonchev–Trinajstić information content (AvgIpc) is 3.29. The number of carbonyl (C=O) groups is 1. The molecule has 4 aromatic rings. The van der Waals surface area contributed by atoms with Crippen LogP contribution in [0.4, 0.5) is 18.9 Å². The van der Waals surface area contributed by atoms with Gasteiger partial charge in [0.2, 0.25) is 0 Å². The molecule has 0 spiro atoms. The first-order chi connectivity index (χ1) is 17.3. The molecule has 186 valence electrons. The number of rotatable bonds is 9. The molecule has 3 aromatic carbocycles. The first kappa shape index (κ1) is 25.6. The topological polar surface area (TPSA) is 69.0 Å². The van der Waals surface area contributed by atoms with Crippen LogP contribution < -0.4 is 10.1 Å². The van der Waals surface area contributed by atoms with E-state index in [1.807, 2.05) is 6.07 Å². The third kappa shape index (κ3) is 6.00. The van der Waals surface area contributed by atoms with Crippen LogP contribution in [0.25, 0.3) is 5.69 Å². The fourth-order valence-electron chi connectivity index (χ4n) is 3.35. The molecule has 1 aromatic heterocycles. The van der Waals surface area contributed by atoms with Gasteiger partial charge in [0.05, 0.1) is 35.7 Å². The van der Waals surface area contributed by atoms with Gasteiger partial charge in [0.25, 0.3) is 0 Å². The van der Waals surface area contributed by atoms with E-state index in [0.29, 0.717) is 28.0 Å². The number of benzene rings is 3. The van der Waals surface area contributed by atoms with E-state index in [1.165, 1.54) is 17.8 Å². The van der Waals surface area contributed by atoms with Crippen molar-refractivity contribution in [3.8, 4) is 11.4 Å². The number of ether oxygens (including phenoxy) is 1. The van der Waals surface area contributed by atoms with E-state index in [9.17, 15) is 18.0 Å². The van der Waals surface area contributed by atoms with Crippen LogP contribution in [-0.4, -0.2) is 33.4 Å². The van der Waals surface area contributed by atoms with Crippen LogP contribution in [0.2, 0.25) is 5.02 Å². The molecule has 0 unspecified atom stereocenters. The molecule has 0 amide bonds. The Balaban J connectivity index is 1.60. The number of alkyl halides is 3. The third-order valence-corrected chi connectivity index (χ3v) is 6.45. The fourth-order valence-corrected chi connectivity index (χ4v) is 4.40. The Morgan fingerprint density at radius 2 is 1.78 bits per heavy atom. The quantitative estimate of drug-likeness (QED) is 0.195. The molecule has 0 aliphatic rings. The first-order valence-electron chi connectivity index (χ1n) is 10.7. The van der Waals surface area contributed by atoms with Gasteiger partial charge < -0.3 is 10.1 Å². The van der Waals surface area contributed by atoms with E-state index >= 15 is 0 Å². The predicted octanol–water partition coefficient (Wildman–Crippen LogP) is 6.54. The second kappa shape index (κ2) is 11.0. The highest BCUT2D eigenvalue weighted by Gasteiger charge is 2.31. The summed E-state index contributed by atoms with van der Waals surface area (Å²) in [6, 6.07) is 19.1. The van der Waals surface area contributed by atoms with Gasteiger partial charge in [-0.2, -0.15) is 13.2 Å². The van der Waals surface area contributed by atoms with Gasteiger partial charge in [-0.25, -0.2) is 0 Å². The van der Waals surface area contributed by atoms with Gasteiger partial charge in [-0.15, -0.1) is 10.2 Å². The molecule has 0 bridgehead atoms. The SMILES string of the molecule is COc1ccc(-n2c(CNc3cc(C(F)(F)F)ccc3Cl)nnc2SCC(=O)c2ccccc2)cc1. The largest absolute Gasteiger partial charge is 0.497 e. The van der Waals surface area contributed by atoms with Crippen molar-refractivity contribution in [2.45, 2.75) is 17.9 Å². The lowest BCUT2D eigenvalue weighted by Gasteiger charge is -2.14. The van der Waals surface area contributed by atoms with Crippen molar-refractivity contribution in [1.29, 1.82) is 0 Å². The van der Waals surface area contributed by atoms with Crippen LogP contribution in [0.1, 0.15) is 21.7 Å². The van der Waals surface area contributed by atoms with E-state index in [2.05, 4.69) is 15.5 Å². The van der Waals surface area contributed by atoms with Gasteiger partial charge in [0, 0.05) is 11.3 Å². The number of aromatic nitrogens is 3. The van der Waals surface area contributed by atoms with Crippen LogP contribution in [0.3, 0.4) is 0 Å². The number of halogens is 4. The normalized spacial score (nSPS) is 11.4. The molecule has 36 heavy (non-hydrogen) atoms. The molecular weight excluding hydrogens is 513 g/mol. The van der Waals surface area contributed by atoms with E-state index in [0.717, 1.165) is 12.1 Å². The summed E-state index contributed by atoms with van der Waals surface area (Å²) in [5.74, 6) is 1.13. The number of hydrogen-bond acceptors (Lipinski definition) is 6. The summed E-state index contributed by atoms with van der Waals surface area (Å²) in [7, 11) is 1.55. The number of methoxy groups -OCH3 is 1. The van der Waals surface area contributed by atoms with Crippen molar-refractivity contribution in [3.05, 3.63) is 94.8 Å². The standard InChI is InChI=1S/C25H20ClF3N4O2S/c1-35-19-10-8-18(9-11-19)33-23(14-30-21-13-17(25(27,28)29)7-12-20(21)26)31-32-24(33)36-15-22(34)16-5-3-2-4-6-16/h2-13,30H,14-15H2,1H3. The summed E-state index contributed by atoms with van der Waals surface area (Å²) >= 11 is 7.33. The summed E-state index contributed by atoms with van der Waals surface area (Å²) in [4.78, 5) is 12.6. The molecule has 0 radical (unpaired) electrons. The van der Waals surface area contributed by atoms with Crippen molar-refractivity contribution in [3.63, 3.8) is 0 Å². The Kier molecular flexibility index (Phi) is 7.85. The number of nitrogens with one attached hydrogen (secondary N) is 1. The van der Waals surface area contributed by atoms with E-state index in [-0.39, 0.29) is 28.8 Å². The highest BCUT2D eigenvalue weighted by molar-refractivity contribution is 7.99. The highest BCUT2D eigenvalue weighted by atomic mass is 35.5. The molecule has 0 aliphatic carbocycles. The van der Waals surface area contributed by atoms with Gasteiger partial charge in [0.15, 0.2) is 16.8 Å². The molecule has 0 saturated heterocycles. The zero-order valence-electron chi connectivity index (χ0n) is 18.9. The van der Waals surface area contributed by atoms with Crippen LogP contribution in [0.5, 0.6) is 5.75 Å². The third-order valence-electron chi connectivity index (χ3n) is 5.19. The van der Waals surface area contributed by atoms with Crippen LogP contribution >= 0.6 is 23.4 Å². The van der Waals surface area contributed by atoms with E-state index < -0.39 is 11.7 Å². The lowest BCUT2D eigenvalue weighted by Crippen LogP contribution is -2.11. The number of anilines is 1. The molecule has 0 aliphatic heterocycles.